The fourth-order valence-corrected chi connectivity index (χ4v) is 0. The Morgan fingerprint density at radius 2 is 1.56 bits per heavy atom. The Hall–Kier alpha value is -0.570. The number of rotatable bonds is 0. The van der Waals surface area contributed by atoms with Crippen LogP contribution in [0.2, 0.25) is 0 Å². The zero-order valence-electron chi connectivity index (χ0n) is 6.47. The molecule has 56 valence electrons. The normalized spacial score (nSPS) is 9.33. The summed E-state index contributed by atoms with van der Waals surface area (Å²) < 4.78 is 4.94. The molecule has 0 heterocycles. The molecule has 0 aromatic carbocycles. The fourth-order valence-electron chi connectivity index (χ4n) is 0. The van der Waals surface area contributed by atoms with E-state index in [1.54, 1.807) is 7.11 Å². The van der Waals surface area contributed by atoms with Crippen LogP contribution in [-0.2, 0) is 9.53 Å². The van der Waals surface area contributed by atoms with Gasteiger partial charge in [-0.05, 0) is 20.8 Å². The number of carbonyl (C=O) groups is 1. The monoisotopic (exact) mass is 133 g/mol. The van der Waals surface area contributed by atoms with Crippen molar-refractivity contribution in [2.45, 2.75) is 26.4 Å². The molecule has 0 atom stereocenters. The summed E-state index contributed by atoms with van der Waals surface area (Å²) >= 11 is 0. The molecule has 0 spiro atoms. The number of hydrogen-bond donors (Lipinski definition) is 1. The van der Waals surface area contributed by atoms with Gasteiger partial charge in [0.1, 0.15) is 0 Å². The summed E-state index contributed by atoms with van der Waals surface area (Å²) in [5.41, 5.74) is 4.21. The first kappa shape index (κ1) is 11.3. The molecule has 0 aliphatic carbocycles. The van der Waals surface area contributed by atoms with Crippen molar-refractivity contribution in [3.8, 4) is 0 Å². The fraction of sp³-hybridized carbons (Fsp3) is 0.833. The smallest absolute Gasteiger partial charge is 0.204 e. The summed E-state index contributed by atoms with van der Waals surface area (Å²) in [5.74, 6) is 0. The Balaban J connectivity index is 0. The Morgan fingerprint density at radius 1 is 1.44 bits per heavy atom. The minimum Gasteiger partial charge on any atom is -0.379 e. The molecule has 9 heavy (non-hydrogen) atoms. The highest BCUT2D eigenvalue weighted by molar-refractivity contribution is 5.42. The number of ether oxygens (including phenoxy) is 1. The number of hydrogen-bond acceptors (Lipinski definition) is 2. The molecule has 0 aromatic heterocycles. The molecule has 0 aromatic rings. The molecule has 3 nitrogen and oxygen atoms in total. The van der Waals surface area contributed by atoms with Gasteiger partial charge in [0.2, 0.25) is 6.41 Å². The molecule has 0 radical (unpaired) electrons. The van der Waals surface area contributed by atoms with Crippen molar-refractivity contribution in [1.29, 1.82) is 0 Å². The quantitative estimate of drug-likeness (QED) is 0.490. The number of nitrogens with two attached hydrogens (primary N) is 1. The van der Waals surface area contributed by atoms with Gasteiger partial charge in [-0.3, -0.25) is 4.79 Å². The summed E-state index contributed by atoms with van der Waals surface area (Å²) in [6, 6.07) is 0. The minimum absolute atomic E-state index is 0.0417. The third-order valence-electron chi connectivity index (χ3n) is 0.612. The molecule has 0 bridgehead atoms. The van der Waals surface area contributed by atoms with E-state index in [2.05, 4.69) is 5.73 Å². The number of carbonyl (C=O) groups excluding carboxylic acids is 1. The van der Waals surface area contributed by atoms with Crippen LogP contribution in [-0.4, -0.2) is 19.1 Å². The third kappa shape index (κ3) is 37.1. The highest BCUT2D eigenvalue weighted by Crippen LogP contribution is 2.02. The van der Waals surface area contributed by atoms with Gasteiger partial charge in [0.15, 0.2) is 0 Å². The lowest BCUT2D eigenvalue weighted by atomic mass is 10.2. The summed E-state index contributed by atoms with van der Waals surface area (Å²) in [7, 11) is 1.71. The van der Waals surface area contributed by atoms with Gasteiger partial charge in [0.05, 0.1) is 5.60 Å². The van der Waals surface area contributed by atoms with E-state index in [1.807, 2.05) is 20.8 Å². The number of amides is 1. The largest absolute Gasteiger partial charge is 0.379 e. The Morgan fingerprint density at radius 3 is 1.56 bits per heavy atom. The van der Waals surface area contributed by atoms with Crippen LogP contribution in [0.5, 0.6) is 0 Å². The highest BCUT2D eigenvalue weighted by atomic mass is 16.5. The SMILES string of the molecule is COC(C)(C)C.NC=O. The minimum atomic E-state index is 0.0417. The lowest BCUT2D eigenvalue weighted by Gasteiger charge is -2.14. The maximum absolute atomic E-state index is 8.58. The maximum atomic E-state index is 8.58. The van der Waals surface area contributed by atoms with Gasteiger partial charge >= 0.3 is 0 Å². The van der Waals surface area contributed by atoms with E-state index in [1.165, 1.54) is 0 Å². The van der Waals surface area contributed by atoms with Crippen LogP contribution in [0.3, 0.4) is 0 Å². The molecular weight excluding hydrogens is 118 g/mol. The molecular formula is C6H15NO2. The molecule has 0 aliphatic heterocycles. The second kappa shape index (κ2) is 5.56. The maximum Gasteiger partial charge on any atom is 0.204 e. The van der Waals surface area contributed by atoms with Crippen LogP contribution >= 0.6 is 0 Å². The molecule has 0 aliphatic rings. The predicted octanol–water partition coefficient (Wildman–Crippen LogP) is 0.533. The lowest BCUT2D eigenvalue weighted by Crippen LogP contribution is -2.15. The molecule has 1 amide bonds. The zero-order valence-corrected chi connectivity index (χ0v) is 6.47. The lowest BCUT2D eigenvalue weighted by molar-refractivity contribution is -0.106. The summed E-state index contributed by atoms with van der Waals surface area (Å²) in [6.45, 7) is 6.06. The van der Waals surface area contributed by atoms with Crippen molar-refractivity contribution in [2.75, 3.05) is 7.11 Å². The van der Waals surface area contributed by atoms with E-state index in [0.717, 1.165) is 0 Å². The van der Waals surface area contributed by atoms with Crippen molar-refractivity contribution in [1.82, 2.24) is 0 Å². The summed E-state index contributed by atoms with van der Waals surface area (Å²) in [4.78, 5) is 8.58. The van der Waals surface area contributed by atoms with Gasteiger partial charge < -0.3 is 10.5 Å². The van der Waals surface area contributed by atoms with E-state index in [-0.39, 0.29) is 12.0 Å². The molecule has 0 unspecified atom stereocenters. The van der Waals surface area contributed by atoms with Crippen LogP contribution in [0.1, 0.15) is 20.8 Å². The van der Waals surface area contributed by atoms with E-state index in [0.29, 0.717) is 0 Å². The average molecular weight is 133 g/mol. The molecule has 2 N–H and O–H groups in total. The Bertz CT molecular complexity index is 65.9. The van der Waals surface area contributed by atoms with Crippen LogP contribution < -0.4 is 5.73 Å². The van der Waals surface area contributed by atoms with Crippen LogP contribution in [0, 0.1) is 0 Å². The first-order valence-electron chi connectivity index (χ1n) is 2.68. The van der Waals surface area contributed by atoms with Crippen molar-refractivity contribution in [3.63, 3.8) is 0 Å². The molecule has 3 heteroatoms. The van der Waals surface area contributed by atoms with E-state index in [4.69, 9.17) is 9.53 Å². The third-order valence-corrected chi connectivity index (χ3v) is 0.612. The van der Waals surface area contributed by atoms with Gasteiger partial charge in [-0.1, -0.05) is 0 Å². The van der Waals surface area contributed by atoms with Crippen molar-refractivity contribution < 1.29 is 9.53 Å². The van der Waals surface area contributed by atoms with Crippen LogP contribution in [0.25, 0.3) is 0 Å². The first-order valence-corrected chi connectivity index (χ1v) is 2.68. The van der Waals surface area contributed by atoms with Crippen LogP contribution in [0.4, 0.5) is 0 Å². The van der Waals surface area contributed by atoms with Gasteiger partial charge in [-0.2, -0.15) is 0 Å². The Kier molecular flexibility index (Phi) is 6.96. The molecule has 0 saturated heterocycles. The Labute approximate surface area is 56.2 Å². The second-order valence-corrected chi connectivity index (χ2v) is 2.45. The van der Waals surface area contributed by atoms with Crippen molar-refractivity contribution in [2.24, 2.45) is 5.73 Å². The standard InChI is InChI=1S/C5H12O.CH3NO/c1-5(2,3)6-4;2-1-3/h1-4H3;1H,(H2,2,3). The average Bonchev–Trinajstić information content (AvgIpc) is 1.67. The molecule has 0 rings (SSSR count). The molecule has 0 fully saturated rings. The second-order valence-electron chi connectivity index (χ2n) is 2.45. The van der Waals surface area contributed by atoms with Gasteiger partial charge in [0, 0.05) is 7.11 Å². The number of methoxy groups -OCH3 is 1. The zero-order chi connectivity index (χ0) is 7.91. The predicted molar refractivity (Wildman–Crippen MR) is 37.0 cm³/mol. The van der Waals surface area contributed by atoms with E-state index < -0.39 is 0 Å². The summed E-state index contributed by atoms with van der Waals surface area (Å²) in [6.07, 6.45) is 0.250. The van der Waals surface area contributed by atoms with Gasteiger partial charge in [0.25, 0.3) is 0 Å². The van der Waals surface area contributed by atoms with E-state index >= 15 is 0 Å². The number of primary amides is 1. The van der Waals surface area contributed by atoms with Crippen LogP contribution in [0.15, 0.2) is 0 Å². The first-order chi connectivity index (χ1) is 3.97. The van der Waals surface area contributed by atoms with Crippen molar-refractivity contribution in [3.05, 3.63) is 0 Å². The van der Waals surface area contributed by atoms with E-state index in [9.17, 15) is 0 Å². The summed E-state index contributed by atoms with van der Waals surface area (Å²) in [5, 5.41) is 0. The highest BCUT2D eigenvalue weighted by Gasteiger charge is 2.03. The van der Waals surface area contributed by atoms with Gasteiger partial charge in [-0.15, -0.1) is 0 Å². The topological polar surface area (TPSA) is 52.3 Å². The van der Waals surface area contributed by atoms with Crippen molar-refractivity contribution >= 4 is 6.41 Å². The van der Waals surface area contributed by atoms with Gasteiger partial charge in [-0.25, -0.2) is 0 Å². The molecule has 0 saturated carbocycles.